The first-order valence-corrected chi connectivity index (χ1v) is 10.3. The number of anilines is 1. The van der Waals surface area contributed by atoms with Crippen LogP contribution < -0.4 is 19.7 Å². The molecule has 0 unspecified atom stereocenters. The van der Waals surface area contributed by atoms with Gasteiger partial charge in [0.1, 0.15) is 17.1 Å². The first-order valence-electron chi connectivity index (χ1n) is 9.51. The van der Waals surface area contributed by atoms with E-state index in [4.69, 9.17) is 9.47 Å². The molecule has 2 aromatic rings. The summed E-state index contributed by atoms with van der Waals surface area (Å²) in [5.74, 6) is -0.317. The lowest BCUT2D eigenvalue weighted by Crippen LogP contribution is -2.54. The van der Waals surface area contributed by atoms with Gasteiger partial charge in [-0.2, -0.15) is 0 Å². The van der Waals surface area contributed by atoms with E-state index >= 15 is 0 Å². The normalized spacial score (nSPS) is 15.4. The molecule has 7 nitrogen and oxygen atoms in total. The fourth-order valence-corrected chi connectivity index (χ4v) is 3.26. The third-order valence-corrected chi connectivity index (χ3v) is 4.73. The maximum Gasteiger partial charge on any atom is 0.335 e. The topological polar surface area (TPSA) is 84.9 Å². The first-order chi connectivity index (χ1) is 14.4. The summed E-state index contributed by atoms with van der Waals surface area (Å²) >= 11 is 3.38. The van der Waals surface area contributed by atoms with Crippen molar-refractivity contribution >= 4 is 45.5 Å². The number of carbonyl (C=O) groups is 3. The number of halogens is 1. The van der Waals surface area contributed by atoms with E-state index in [-0.39, 0.29) is 5.57 Å². The van der Waals surface area contributed by atoms with Gasteiger partial charge in [0.25, 0.3) is 11.8 Å². The second-order valence-electron chi connectivity index (χ2n) is 6.42. The largest absolute Gasteiger partial charge is 0.494 e. The van der Waals surface area contributed by atoms with Crippen molar-refractivity contribution in [3.8, 4) is 11.5 Å². The zero-order chi connectivity index (χ0) is 21.7. The summed E-state index contributed by atoms with van der Waals surface area (Å²) in [6.45, 7) is 4.83. The number of amides is 4. The zero-order valence-corrected chi connectivity index (χ0v) is 18.2. The van der Waals surface area contributed by atoms with Crippen LogP contribution in [0.5, 0.6) is 11.5 Å². The molecule has 0 saturated carbocycles. The number of urea groups is 1. The van der Waals surface area contributed by atoms with E-state index in [1.54, 1.807) is 42.5 Å². The van der Waals surface area contributed by atoms with E-state index in [0.29, 0.717) is 36.0 Å². The van der Waals surface area contributed by atoms with E-state index < -0.39 is 17.8 Å². The predicted molar refractivity (Wildman–Crippen MR) is 117 cm³/mol. The maximum atomic E-state index is 13.1. The average molecular weight is 473 g/mol. The summed E-state index contributed by atoms with van der Waals surface area (Å²) in [5, 5.41) is 2.22. The summed E-state index contributed by atoms with van der Waals surface area (Å²) in [6.07, 6.45) is 2.29. The molecular formula is C22H21BrN2O5. The number of carbonyl (C=O) groups excluding carboxylic acids is 3. The maximum absolute atomic E-state index is 13.1. The fourth-order valence-electron chi connectivity index (χ4n) is 2.88. The minimum absolute atomic E-state index is 0.167. The van der Waals surface area contributed by atoms with Gasteiger partial charge in [0.2, 0.25) is 0 Å². The molecule has 156 valence electrons. The molecule has 0 bridgehead atoms. The minimum Gasteiger partial charge on any atom is -0.494 e. The molecule has 0 spiro atoms. The Labute approximate surface area is 182 Å². The quantitative estimate of drug-likeness (QED) is 0.479. The van der Waals surface area contributed by atoms with E-state index in [2.05, 4.69) is 21.2 Å². The summed E-state index contributed by atoms with van der Waals surface area (Å²) < 4.78 is 11.9. The van der Waals surface area contributed by atoms with Crippen LogP contribution in [-0.4, -0.2) is 31.1 Å². The van der Waals surface area contributed by atoms with E-state index in [1.165, 1.54) is 6.08 Å². The van der Waals surface area contributed by atoms with Gasteiger partial charge in [0, 0.05) is 10.0 Å². The zero-order valence-electron chi connectivity index (χ0n) is 16.6. The van der Waals surface area contributed by atoms with Crippen molar-refractivity contribution in [2.75, 3.05) is 18.1 Å². The molecule has 3 rings (SSSR count). The van der Waals surface area contributed by atoms with Gasteiger partial charge in [-0.05, 0) is 61.9 Å². The van der Waals surface area contributed by atoms with E-state index in [1.807, 2.05) is 13.8 Å². The number of rotatable bonds is 7. The number of hydrogen-bond donors (Lipinski definition) is 1. The lowest BCUT2D eigenvalue weighted by atomic mass is 10.1. The van der Waals surface area contributed by atoms with Gasteiger partial charge in [0.15, 0.2) is 0 Å². The Balaban J connectivity index is 1.95. The molecule has 1 fully saturated rings. The summed E-state index contributed by atoms with van der Waals surface area (Å²) in [7, 11) is 0. The van der Waals surface area contributed by atoms with Crippen LogP contribution in [0, 0.1) is 0 Å². The molecule has 1 saturated heterocycles. The number of benzene rings is 2. The van der Waals surface area contributed by atoms with Crippen LogP contribution in [0.3, 0.4) is 0 Å². The van der Waals surface area contributed by atoms with Crippen LogP contribution in [-0.2, 0) is 9.59 Å². The fraction of sp³-hybridized carbons (Fsp3) is 0.227. The van der Waals surface area contributed by atoms with Crippen LogP contribution in [0.2, 0.25) is 0 Å². The highest BCUT2D eigenvalue weighted by molar-refractivity contribution is 9.10. The second kappa shape index (κ2) is 9.58. The number of barbiturate groups is 1. The SMILES string of the molecule is CCCOc1ccc(N2C(=O)NC(=O)/C(=C/c3cc(Br)ccc3OCC)C2=O)cc1. The molecular weight excluding hydrogens is 452 g/mol. The van der Waals surface area contributed by atoms with Crippen molar-refractivity contribution in [1.82, 2.24) is 5.32 Å². The summed E-state index contributed by atoms with van der Waals surface area (Å²) in [5.41, 5.74) is 0.710. The van der Waals surface area contributed by atoms with Gasteiger partial charge < -0.3 is 9.47 Å². The minimum atomic E-state index is -0.802. The van der Waals surface area contributed by atoms with Crippen molar-refractivity contribution in [1.29, 1.82) is 0 Å². The average Bonchev–Trinajstić information content (AvgIpc) is 2.72. The Morgan fingerprint density at radius 3 is 2.43 bits per heavy atom. The van der Waals surface area contributed by atoms with Gasteiger partial charge >= 0.3 is 6.03 Å². The predicted octanol–water partition coefficient (Wildman–Crippen LogP) is 4.30. The van der Waals surface area contributed by atoms with Crippen LogP contribution in [0.4, 0.5) is 10.5 Å². The van der Waals surface area contributed by atoms with Crippen LogP contribution in [0.1, 0.15) is 25.8 Å². The summed E-state index contributed by atoms with van der Waals surface area (Å²) in [6, 6.07) is 11.0. The van der Waals surface area contributed by atoms with Gasteiger partial charge in [-0.25, -0.2) is 9.69 Å². The molecule has 1 aliphatic heterocycles. The Hall–Kier alpha value is -3.13. The Kier molecular flexibility index (Phi) is 6.89. The molecule has 1 aliphatic rings. The van der Waals surface area contributed by atoms with Gasteiger partial charge in [0.05, 0.1) is 18.9 Å². The monoisotopic (exact) mass is 472 g/mol. The van der Waals surface area contributed by atoms with Crippen LogP contribution in [0.15, 0.2) is 52.5 Å². The van der Waals surface area contributed by atoms with Crippen LogP contribution >= 0.6 is 15.9 Å². The number of imide groups is 2. The van der Waals surface area contributed by atoms with E-state index in [0.717, 1.165) is 15.8 Å². The van der Waals surface area contributed by atoms with Crippen LogP contribution in [0.25, 0.3) is 6.08 Å². The standard InChI is InChI=1S/C22H21BrN2O5/c1-3-11-30-17-8-6-16(7-9-17)25-21(27)18(20(26)24-22(25)28)13-14-12-15(23)5-10-19(14)29-4-2/h5-10,12-13H,3-4,11H2,1-2H3,(H,24,26,28)/b18-13-. The molecule has 1 N–H and O–H groups in total. The molecule has 0 aliphatic carbocycles. The molecule has 4 amide bonds. The Morgan fingerprint density at radius 2 is 1.77 bits per heavy atom. The summed E-state index contributed by atoms with van der Waals surface area (Å²) in [4.78, 5) is 38.8. The van der Waals surface area contributed by atoms with Crippen molar-refractivity contribution < 1.29 is 23.9 Å². The highest BCUT2D eigenvalue weighted by atomic mass is 79.9. The first kappa shape index (κ1) is 21.6. The third-order valence-electron chi connectivity index (χ3n) is 4.24. The molecule has 30 heavy (non-hydrogen) atoms. The number of ether oxygens (including phenoxy) is 2. The number of nitrogens with one attached hydrogen (secondary N) is 1. The van der Waals surface area contributed by atoms with E-state index in [9.17, 15) is 14.4 Å². The van der Waals surface area contributed by atoms with Gasteiger partial charge in [-0.3, -0.25) is 14.9 Å². The van der Waals surface area contributed by atoms with Crippen molar-refractivity contribution in [2.45, 2.75) is 20.3 Å². The van der Waals surface area contributed by atoms with Gasteiger partial charge in [-0.15, -0.1) is 0 Å². The molecule has 0 aromatic heterocycles. The molecule has 0 radical (unpaired) electrons. The Morgan fingerprint density at radius 1 is 1.03 bits per heavy atom. The molecule has 1 heterocycles. The second-order valence-corrected chi connectivity index (χ2v) is 7.33. The third kappa shape index (κ3) is 4.71. The molecule has 2 aromatic carbocycles. The molecule has 0 atom stereocenters. The lowest BCUT2D eigenvalue weighted by Gasteiger charge is -2.26. The van der Waals surface area contributed by atoms with Crippen molar-refractivity contribution in [3.05, 3.63) is 58.1 Å². The Bertz CT molecular complexity index is 1000. The smallest absolute Gasteiger partial charge is 0.335 e. The number of nitrogens with zero attached hydrogens (tertiary/aromatic N) is 1. The van der Waals surface area contributed by atoms with Gasteiger partial charge in [-0.1, -0.05) is 22.9 Å². The number of hydrogen-bond acceptors (Lipinski definition) is 5. The lowest BCUT2D eigenvalue weighted by molar-refractivity contribution is -0.122. The van der Waals surface area contributed by atoms with Crippen molar-refractivity contribution in [3.63, 3.8) is 0 Å². The highest BCUT2D eigenvalue weighted by Gasteiger charge is 2.37. The van der Waals surface area contributed by atoms with Crippen molar-refractivity contribution in [2.24, 2.45) is 0 Å². The molecule has 8 heteroatoms. The highest BCUT2D eigenvalue weighted by Crippen LogP contribution is 2.28.